The fourth-order valence-electron chi connectivity index (χ4n) is 3.05. The minimum absolute atomic E-state index is 0.0874. The number of benzene rings is 1. The highest BCUT2D eigenvalue weighted by atomic mass is 19.3. The Labute approximate surface area is 110 Å². The maximum absolute atomic E-state index is 14.0. The van der Waals surface area contributed by atoms with E-state index >= 15 is 0 Å². The minimum atomic E-state index is -3.24. The zero-order chi connectivity index (χ0) is 13.5. The summed E-state index contributed by atoms with van der Waals surface area (Å²) in [6, 6.07) is 9.79. The standard InChI is InChI=1S/C14H16F2N2O/c15-14(16)12(19)17-9-13(14)6-7-18(10-13)8-11-4-2-1-3-5-11/h1-5H,6-10H2,(H,17,19). The first-order valence-electron chi connectivity index (χ1n) is 6.46. The molecular weight excluding hydrogens is 250 g/mol. The molecule has 1 N–H and O–H groups in total. The number of hydrogen-bond donors (Lipinski definition) is 1. The molecule has 1 spiro atoms. The SMILES string of the molecule is O=C1NCC2(CCN(Cc3ccccc3)C2)C1(F)F. The fraction of sp³-hybridized carbons (Fsp3) is 0.500. The Kier molecular flexibility index (Phi) is 2.82. The topological polar surface area (TPSA) is 32.3 Å². The van der Waals surface area contributed by atoms with Gasteiger partial charge in [0.1, 0.15) is 0 Å². The van der Waals surface area contributed by atoms with Crippen LogP contribution < -0.4 is 5.32 Å². The van der Waals surface area contributed by atoms with Gasteiger partial charge in [-0.05, 0) is 18.5 Å². The van der Waals surface area contributed by atoms with Gasteiger partial charge in [0, 0.05) is 19.6 Å². The largest absolute Gasteiger partial charge is 0.350 e. The third kappa shape index (κ3) is 1.92. The molecule has 2 saturated heterocycles. The summed E-state index contributed by atoms with van der Waals surface area (Å²) in [6.07, 6.45) is 0.367. The summed E-state index contributed by atoms with van der Waals surface area (Å²) in [4.78, 5) is 13.2. The van der Waals surface area contributed by atoms with Gasteiger partial charge in [-0.15, -0.1) is 0 Å². The molecule has 1 aromatic carbocycles. The van der Waals surface area contributed by atoms with Crippen molar-refractivity contribution in [1.29, 1.82) is 0 Å². The zero-order valence-electron chi connectivity index (χ0n) is 10.5. The second-order valence-corrected chi connectivity index (χ2v) is 5.48. The van der Waals surface area contributed by atoms with E-state index in [9.17, 15) is 13.6 Å². The van der Waals surface area contributed by atoms with Crippen molar-refractivity contribution in [2.45, 2.75) is 18.9 Å². The predicted octanol–water partition coefficient (Wildman–Crippen LogP) is 1.64. The van der Waals surface area contributed by atoms with Crippen LogP contribution in [-0.4, -0.2) is 36.4 Å². The van der Waals surface area contributed by atoms with E-state index in [1.807, 2.05) is 35.2 Å². The molecule has 3 rings (SSSR count). The lowest BCUT2D eigenvalue weighted by Crippen LogP contribution is -2.44. The first-order chi connectivity index (χ1) is 9.03. The van der Waals surface area contributed by atoms with E-state index in [2.05, 4.69) is 5.32 Å². The number of halogens is 2. The van der Waals surface area contributed by atoms with Crippen LogP contribution in [0, 0.1) is 5.41 Å². The number of carbonyl (C=O) groups is 1. The van der Waals surface area contributed by atoms with Gasteiger partial charge in [-0.25, -0.2) is 0 Å². The average molecular weight is 266 g/mol. The Balaban J connectivity index is 1.73. The van der Waals surface area contributed by atoms with Gasteiger partial charge in [-0.3, -0.25) is 9.69 Å². The van der Waals surface area contributed by atoms with Crippen molar-refractivity contribution in [3.8, 4) is 0 Å². The highest BCUT2D eigenvalue weighted by Gasteiger charge is 2.65. The van der Waals surface area contributed by atoms with Crippen LogP contribution in [-0.2, 0) is 11.3 Å². The molecule has 19 heavy (non-hydrogen) atoms. The number of amides is 1. The number of likely N-dealkylation sites (tertiary alicyclic amines) is 1. The highest BCUT2D eigenvalue weighted by Crippen LogP contribution is 2.47. The number of nitrogens with one attached hydrogen (secondary N) is 1. The normalized spacial score (nSPS) is 29.9. The number of hydrogen-bond acceptors (Lipinski definition) is 2. The number of rotatable bonds is 2. The van der Waals surface area contributed by atoms with Gasteiger partial charge in [0.05, 0.1) is 5.41 Å². The molecule has 1 amide bonds. The molecule has 102 valence electrons. The van der Waals surface area contributed by atoms with Crippen LogP contribution in [0.25, 0.3) is 0 Å². The summed E-state index contributed by atoms with van der Waals surface area (Å²) in [6.45, 7) is 1.63. The van der Waals surface area contributed by atoms with E-state index in [1.54, 1.807) is 0 Å². The van der Waals surface area contributed by atoms with Gasteiger partial charge in [-0.2, -0.15) is 8.78 Å². The van der Waals surface area contributed by atoms with Gasteiger partial charge < -0.3 is 5.32 Å². The van der Waals surface area contributed by atoms with Crippen molar-refractivity contribution in [3.63, 3.8) is 0 Å². The van der Waals surface area contributed by atoms with Crippen LogP contribution in [0.15, 0.2) is 30.3 Å². The molecule has 1 atom stereocenters. The van der Waals surface area contributed by atoms with Crippen molar-refractivity contribution in [2.75, 3.05) is 19.6 Å². The number of carbonyl (C=O) groups excluding carboxylic acids is 1. The molecule has 0 aliphatic carbocycles. The minimum Gasteiger partial charge on any atom is -0.350 e. The first kappa shape index (κ1) is 12.5. The summed E-state index contributed by atoms with van der Waals surface area (Å²) in [5.41, 5.74) is -0.0982. The van der Waals surface area contributed by atoms with Crippen molar-refractivity contribution in [2.24, 2.45) is 5.41 Å². The zero-order valence-corrected chi connectivity index (χ0v) is 10.5. The molecule has 2 aliphatic heterocycles. The summed E-state index contributed by atoms with van der Waals surface area (Å²) in [5, 5.41) is 2.31. The quantitative estimate of drug-likeness (QED) is 0.882. The van der Waals surface area contributed by atoms with Crippen LogP contribution >= 0.6 is 0 Å². The fourth-order valence-corrected chi connectivity index (χ4v) is 3.05. The lowest BCUT2D eigenvalue weighted by atomic mass is 9.83. The molecule has 2 aliphatic rings. The molecule has 2 heterocycles. The molecule has 5 heteroatoms. The van der Waals surface area contributed by atoms with Crippen molar-refractivity contribution < 1.29 is 13.6 Å². The molecule has 2 fully saturated rings. The Hall–Kier alpha value is -1.49. The lowest BCUT2D eigenvalue weighted by molar-refractivity contribution is -0.152. The van der Waals surface area contributed by atoms with Crippen LogP contribution in [0.4, 0.5) is 8.78 Å². The second-order valence-electron chi connectivity index (χ2n) is 5.48. The van der Waals surface area contributed by atoms with E-state index in [4.69, 9.17) is 0 Å². The van der Waals surface area contributed by atoms with Gasteiger partial charge in [0.15, 0.2) is 0 Å². The maximum atomic E-state index is 14.0. The number of nitrogens with zero attached hydrogens (tertiary/aromatic N) is 1. The van der Waals surface area contributed by atoms with Gasteiger partial charge >= 0.3 is 5.92 Å². The second kappa shape index (κ2) is 4.27. The van der Waals surface area contributed by atoms with E-state index in [-0.39, 0.29) is 13.1 Å². The lowest BCUT2D eigenvalue weighted by Gasteiger charge is -2.27. The predicted molar refractivity (Wildman–Crippen MR) is 66.7 cm³/mol. The van der Waals surface area contributed by atoms with Crippen molar-refractivity contribution in [1.82, 2.24) is 10.2 Å². The third-order valence-corrected chi connectivity index (χ3v) is 4.22. The average Bonchev–Trinajstić information content (AvgIpc) is 2.90. The summed E-state index contributed by atoms with van der Waals surface area (Å²) in [7, 11) is 0. The smallest absolute Gasteiger partial charge is 0.332 e. The molecule has 0 bridgehead atoms. The van der Waals surface area contributed by atoms with Crippen molar-refractivity contribution in [3.05, 3.63) is 35.9 Å². The maximum Gasteiger partial charge on any atom is 0.332 e. The molecule has 0 radical (unpaired) electrons. The van der Waals surface area contributed by atoms with Gasteiger partial charge in [0.25, 0.3) is 5.91 Å². The Morgan fingerprint density at radius 2 is 2.00 bits per heavy atom. The Morgan fingerprint density at radius 1 is 1.26 bits per heavy atom. The highest BCUT2D eigenvalue weighted by molar-refractivity contribution is 5.87. The van der Waals surface area contributed by atoms with Crippen LogP contribution in [0.1, 0.15) is 12.0 Å². The summed E-state index contributed by atoms with van der Waals surface area (Å²) < 4.78 is 27.9. The first-order valence-corrected chi connectivity index (χ1v) is 6.46. The van der Waals surface area contributed by atoms with Crippen LogP contribution in [0.5, 0.6) is 0 Å². The monoisotopic (exact) mass is 266 g/mol. The molecule has 3 nitrogen and oxygen atoms in total. The molecular formula is C14H16F2N2O. The Bertz CT molecular complexity index is 491. The number of alkyl halides is 2. The summed E-state index contributed by atoms with van der Waals surface area (Å²) >= 11 is 0. The van der Waals surface area contributed by atoms with Crippen LogP contribution in [0.2, 0.25) is 0 Å². The molecule has 0 aromatic heterocycles. The van der Waals surface area contributed by atoms with E-state index in [0.717, 1.165) is 5.56 Å². The van der Waals surface area contributed by atoms with E-state index in [1.165, 1.54) is 0 Å². The van der Waals surface area contributed by atoms with E-state index in [0.29, 0.717) is 19.5 Å². The van der Waals surface area contributed by atoms with Crippen LogP contribution in [0.3, 0.4) is 0 Å². The van der Waals surface area contributed by atoms with Crippen molar-refractivity contribution >= 4 is 5.91 Å². The summed E-state index contributed by atoms with van der Waals surface area (Å²) in [5.74, 6) is -4.35. The van der Waals surface area contributed by atoms with Gasteiger partial charge in [0.2, 0.25) is 0 Å². The third-order valence-electron chi connectivity index (χ3n) is 4.22. The molecule has 1 aromatic rings. The van der Waals surface area contributed by atoms with Gasteiger partial charge in [-0.1, -0.05) is 30.3 Å². The molecule has 0 saturated carbocycles. The Morgan fingerprint density at radius 3 is 2.63 bits per heavy atom. The van der Waals surface area contributed by atoms with E-state index < -0.39 is 17.2 Å². The molecule has 1 unspecified atom stereocenters.